The Bertz CT molecular complexity index is 544. The van der Waals surface area contributed by atoms with Gasteiger partial charge in [-0.15, -0.1) is 0 Å². The molecule has 0 radical (unpaired) electrons. The summed E-state index contributed by atoms with van der Waals surface area (Å²) in [6, 6.07) is 5.60. The lowest BCUT2D eigenvalue weighted by Gasteiger charge is -2.11. The second-order valence-corrected chi connectivity index (χ2v) is 4.27. The van der Waals surface area contributed by atoms with Crippen LogP contribution < -0.4 is 15.2 Å². The highest BCUT2D eigenvalue weighted by Crippen LogP contribution is 2.26. The summed E-state index contributed by atoms with van der Waals surface area (Å²) < 4.78 is 16.1. The number of rotatable bonds is 5. The fourth-order valence-electron chi connectivity index (χ4n) is 1.82. The predicted molar refractivity (Wildman–Crippen MR) is 71.2 cm³/mol. The molecule has 5 nitrogen and oxygen atoms in total. The van der Waals surface area contributed by atoms with Crippen LogP contribution in [0.2, 0.25) is 0 Å². The second kappa shape index (κ2) is 5.75. The number of aryl methyl sites for hydroxylation is 2. The van der Waals surface area contributed by atoms with Gasteiger partial charge < -0.3 is 19.7 Å². The minimum Gasteiger partial charge on any atom is -0.497 e. The maximum atomic E-state index is 5.82. The van der Waals surface area contributed by atoms with Crippen LogP contribution in [-0.2, 0) is 13.2 Å². The first-order valence-electron chi connectivity index (χ1n) is 6.07. The van der Waals surface area contributed by atoms with Gasteiger partial charge in [0, 0.05) is 18.2 Å². The van der Waals surface area contributed by atoms with Crippen molar-refractivity contribution < 1.29 is 14.0 Å². The molecule has 0 aliphatic carbocycles. The fourth-order valence-corrected chi connectivity index (χ4v) is 1.82. The van der Waals surface area contributed by atoms with Crippen molar-refractivity contribution in [1.29, 1.82) is 0 Å². The summed E-state index contributed by atoms with van der Waals surface area (Å²) in [6.07, 6.45) is 0. The van der Waals surface area contributed by atoms with Crippen molar-refractivity contribution in [2.45, 2.75) is 27.0 Å². The Morgan fingerprint density at radius 1 is 1.32 bits per heavy atom. The Morgan fingerprint density at radius 2 is 2.11 bits per heavy atom. The van der Waals surface area contributed by atoms with Crippen LogP contribution in [0.4, 0.5) is 0 Å². The van der Waals surface area contributed by atoms with E-state index in [4.69, 9.17) is 19.7 Å². The molecule has 19 heavy (non-hydrogen) atoms. The second-order valence-electron chi connectivity index (χ2n) is 4.27. The van der Waals surface area contributed by atoms with E-state index >= 15 is 0 Å². The summed E-state index contributed by atoms with van der Waals surface area (Å²) in [5, 5.41) is 3.90. The van der Waals surface area contributed by atoms with Crippen LogP contribution in [-0.4, -0.2) is 12.3 Å². The van der Waals surface area contributed by atoms with E-state index in [9.17, 15) is 0 Å². The van der Waals surface area contributed by atoms with Gasteiger partial charge in [0.1, 0.15) is 23.9 Å². The fraction of sp³-hybridized carbons (Fsp3) is 0.357. The first-order valence-corrected chi connectivity index (χ1v) is 6.07. The summed E-state index contributed by atoms with van der Waals surface area (Å²) in [4.78, 5) is 0. The van der Waals surface area contributed by atoms with Gasteiger partial charge in [-0.05, 0) is 19.9 Å². The van der Waals surface area contributed by atoms with Gasteiger partial charge in [-0.1, -0.05) is 11.2 Å². The number of aromatic nitrogens is 1. The van der Waals surface area contributed by atoms with Crippen LogP contribution in [0.15, 0.2) is 22.7 Å². The topological polar surface area (TPSA) is 70.5 Å². The van der Waals surface area contributed by atoms with Crippen LogP contribution in [0.1, 0.15) is 22.6 Å². The number of ether oxygens (including phenoxy) is 2. The summed E-state index contributed by atoms with van der Waals surface area (Å²) >= 11 is 0. The smallest absolute Gasteiger partial charge is 0.140 e. The van der Waals surface area contributed by atoms with Gasteiger partial charge >= 0.3 is 0 Å². The third kappa shape index (κ3) is 2.88. The molecular weight excluding hydrogens is 244 g/mol. The Hall–Kier alpha value is -2.01. The molecule has 0 aliphatic heterocycles. The third-order valence-corrected chi connectivity index (χ3v) is 3.05. The van der Waals surface area contributed by atoms with Crippen molar-refractivity contribution in [1.82, 2.24) is 5.16 Å². The molecule has 1 aromatic heterocycles. The lowest BCUT2D eigenvalue weighted by atomic mass is 10.2. The largest absolute Gasteiger partial charge is 0.497 e. The van der Waals surface area contributed by atoms with Gasteiger partial charge in [-0.2, -0.15) is 0 Å². The molecule has 0 unspecified atom stereocenters. The van der Waals surface area contributed by atoms with E-state index in [2.05, 4.69) is 5.16 Å². The zero-order valence-corrected chi connectivity index (χ0v) is 11.4. The highest BCUT2D eigenvalue weighted by molar-refractivity contribution is 5.41. The molecule has 2 rings (SSSR count). The highest BCUT2D eigenvalue weighted by Gasteiger charge is 2.11. The summed E-state index contributed by atoms with van der Waals surface area (Å²) in [5.41, 5.74) is 8.44. The van der Waals surface area contributed by atoms with Crippen molar-refractivity contribution >= 4 is 0 Å². The molecule has 1 heterocycles. The van der Waals surface area contributed by atoms with Crippen molar-refractivity contribution in [2.24, 2.45) is 5.73 Å². The van der Waals surface area contributed by atoms with Crippen LogP contribution >= 0.6 is 0 Å². The quantitative estimate of drug-likeness (QED) is 0.895. The molecule has 0 aliphatic rings. The van der Waals surface area contributed by atoms with Crippen LogP contribution in [0.25, 0.3) is 0 Å². The number of benzene rings is 1. The molecule has 1 aromatic carbocycles. The number of nitrogens with zero attached hydrogens (tertiary/aromatic N) is 1. The van der Waals surface area contributed by atoms with Crippen LogP contribution in [0, 0.1) is 13.8 Å². The number of nitrogens with two attached hydrogens (primary N) is 1. The predicted octanol–water partition coefficient (Wildman–Crippen LogP) is 2.34. The molecule has 0 bridgehead atoms. The standard InChI is InChI=1S/C14H18N2O3/c1-9-13(10(2)19-16-9)8-18-14-6-12(17-3)5-4-11(14)7-15/h4-6H,7-8,15H2,1-3H3. The number of hydrogen-bond donors (Lipinski definition) is 1. The van der Waals surface area contributed by atoms with Crippen molar-refractivity contribution in [3.63, 3.8) is 0 Å². The maximum absolute atomic E-state index is 5.82. The highest BCUT2D eigenvalue weighted by atomic mass is 16.5. The third-order valence-electron chi connectivity index (χ3n) is 3.05. The Labute approximate surface area is 112 Å². The minimum atomic E-state index is 0.404. The van der Waals surface area contributed by atoms with Crippen LogP contribution in [0.5, 0.6) is 11.5 Å². The van der Waals surface area contributed by atoms with Gasteiger partial charge in [0.25, 0.3) is 0 Å². The van der Waals surface area contributed by atoms with Crippen molar-refractivity contribution in [3.05, 3.63) is 40.8 Å². The average Bonchev–Trinajstić information content (AvgIpc) is 2.75. The molecule has 0 amide bonds. The number of methoxy groups -OCH3 is 1. The van der Waals surface area contributed by atoms with E-state index in [1.165, 1.54) is 0 Å². The maximum Gasteiger partial charge on any atom is 0.140 e. The first kappa shape index (κ1) is 13.4. The summed E-state index contributed by atoms with van der Waals surface area (Å²) in [7, 11) is 1.62. The van der Waals surface area contributed by atoms with E-state index in [0.717, 1.165) is 34.1 Å². The SMILES string of the molecule is COc1ccc(CN)c(OCc2c(C)noc2C)c1. The lowest BCUT2D eigenvalue weighted by Crippen LogP contribution is -2.04. The van der Waals surface area contributed by atoms with E-state index in [0.29, 0.717) is 13.2 Å². The normalized spacial score (nSPS) is 10.5. The monoisotopic (exact) mass is 262 g/mol. The average molecular weight is 262 g/mol. The van der Waals surface area contributed by atoms with Gasteiger partial charge in [-0.25, -0.2) is 0 Å². The summed E-state index contributed by atoms with van der Waals surface area (Å²) in [6.45, 7) is 4.58. The minimum absolute atomic E-state index is 0.404. The molecule has 2 aromatic rings. The van der Waals surface area contributed by atoms with Gasteiger partial charge in [0.2, 0.25) is 0 Å². The zero-order chi connectivity index (χ0) is 13.8. The lowest BCUT2D eigenvalue weighted by molar-refractivity contribution is 0.296. The van der Waals surface area contributed by atoms with E-state index < -0.39 is 0 Å². The molecule has 5 heteroatoms. The Morgan fingerprint density at radius 3 is 2.68 bits per heavy atom. The van der Waals surface area contributed by atoms with E-state index in [-0.39, 0.29) is 0 Å². The molecule has 0 saturated carbocycles. The molecule has 0 spiro atoms. The molecule has 0 saturated heterocycles. The van der Waals surface area contributed by atoms with Crippen molar-refractivity contribution in [2.75, 3.05) is 7.11 Å². The van der Waals surface area contributed by atoms with E-state index in [1.54, 1.807) is 7.11 Å². The number of hydrogen-bond acceptors (Lipinski definition) is 5. The van der Waals surface area contributed by atoms with Crippen molar-refractivity contribution in [3.8, 4) is 11.5 Å². The molecular formula is C14H18N2O3. The Balaban J connectivity index is 2.18. The molecule has 0 fully saturated rings. The molecule has 0 atom stereocenters. The molecule has 2 N–H and O–H groups in total. The molecule has 102 valence electrons. The van der Waals surface area contributed by atoms with Gasteiger partial charge in [0.15, 0.2) is 0 Å². The van der Waals surface area contributed by atoms with Gasteiger partial charge in [-0.3, -0.25) is 0 Å². The van der Waals surface area contributed by atoms with Crippen LogP contribution in [0.3, 0.4) is 0 Å². The Kier molecular flexibility index (Phi) is 4.06. The van der Waals surface area contributed by atoms with Gasteiger partial charge in [0.05, 0.1) is 18.4 Å². The zero-order valence-electron chi connectivity index (χ0n) is 11.4. The first-order chi connectivity index (χ1) is 9.15. The van der Waals surface area contributed by atoms with E-state index in [1.807, 2.05) is 32.0 Å². The summed E-state index contributed by atoms with van der Waals surface area (Å²) in [5.74, 6) is 2.24.